The number of hydrogen-bond donors (Lipinski definition) is 3. The Bertz CT molecular complexity index is 589. The maximum atomic E-state index is 12.7. The van der Waals surface area contributed by atoms with E-state index in [9.17, 15) is 9.90 Å². The van der Waals surface area contributed by atoms with Crippen LogP contribution in [-0.2, 0) is 22.0 Å². The second-order valence-corrected chi connectivity index (χ2v) is 9.71. The van der Waals surface area contributed by atoms with E-state index in [1.807, 2.05) is 0 Å². The lowest BCUT2D eigenvalue weighted by Crippen LogP contribution is -2.21. The molecule has 1 rings (SSSR count). The van der Waals surface area contributed by atoms with E-state index in [2.05, 4.69) is 53.7 Å². The second kappa shape index (κ2) is 9.70. The van der Waals surface area contributed by atoms with Crippen molar-refractivity contribution in [1.82, 2.24) is 0 Å². The van der Waals surface area contributed by atoms with Crippen molar-refractivity contribution in [2.45, 2.75) is 84.5 Å². The van der Waals surface area contributed by atoms with E-state index in [-0.39, 0.29) is 22.5 Å². The smallest absolute Gasteiger partial charge is 0.136 e. The van der Waals surface area contributed by atoms with Gasteiger partial charge in [-0.15, -0.1) is 0 Å². The predicted molar refractivity (Wildman–Crippen MR) is 114 cm³/mol. The molecular formula is C23H40N2O2. The number of hydrogen-bond acceptors (Lipinski definition) is 4. The third kappa shape index (κ3) is 6.93. The first-order valence-electron chi connectivity index (χ1n) is 10.2. The average Bonchev–Trinajstić information content (AvgIpc) is 2.55. The Morgan fingerprint density at radius 2 is 1.48 bits per heavy atom. The van der Waals surface area contributed by atoms with Crippen LogP contribution < -0.4 is 11.5 Å². The molecule has 0 aliphatic heterocycles. The molecule has 5 N–H and O–H groups in total. The number of carbonyl (C=O) groups excluding carboxylic acids is 1. The lowest BCUT2D eigenvalue weighted by atomic mass is 9.78. The van der Waals surface area contributed by atoms with Crippen LogP contribution in [0, 0.1) is 5.92 Å². The molecule has 0 amide bonds. The molecule has 0 aromatic heterocycles. The highest BCUT2D eigenvalue weighted by Crippen LogP contribution is 2.40. The molecule has 1 unspecified atom stereocenters. The van der Waals surface area contributed by atoms with Gasteiger partial charge in [0.1, 0.15) is 11.5 Å². The summed E-state index contributed by atoms with van der Waals surface area (Å²) in [5, 5.41) is 10.8. The molecule has 1 aromatic carbocycles. The summed E-state index contributed by atoms with van der Waals surface area (Å²) in [7, 11) is 0. The Labute approximate surface area is 165 Å². The maximum Gasteiger partial charge on any atom is 0.136 e. The standard InChI is InChI=1S/C23H40N2O2/c1-22(2,3)18-14-16(15-19(21(18)27)23(4,5)6)9-10-20(26)17(11-13-25)8-7-12-24/h14-15,17,27H,7-13,24-25H2,1-6H3. The molecule has 0 aliphatic carbocycles. The predicted octanol–water partition coefficient (Wildman–Crippen LogP) is 4.19. The van der Waals surface area contributed by atoms with E-state index >= 15 is 0 Å². The Balaban J connectivity index is 3.07. The van der Waals surface area contributed by atoms with Crippen LogP contribution in [0.4, 0.5) is 0 Å². The van der Waals surface area contributed by atoms with Crippen molar-refractivity contribution < 1.29 is 9.90 Å². The maximum absolute atomic E-state index is 12.7. The fraction of sp³-hybridized carbons (Fsp3) is 0.696. The molecule has 0 fully saturated rings. The Morgan fingerprint density at radius 3 is 1.89 bits per heavy atom. The molecule has 4 nitrogen and oxygen atoms in total. The van der Waals surface area contributed by atoms with E-state index in [0.29, 0.717) is 31.7 Å². The molecule has 154 valence electrons. The van der Waals surface area contributed by atoms with Crippen molar-refractivity contribution in [3.8, 4) is 5.75 Å². The van der Waals surface area contributed by atoms with Gasteiger partial charge in [-0.1, -0.05) is 53.7 Å². The first-order valence-corrected chi connectivity index (χ1v) is 10.2. The Hall–Kier alpha value is -1.39. The summed E-state index contributed by atoms with van der Waals surface area (Å²) in [4.78, 5) is 12.7. The van der Waals surface area contributed by atoms with Gasteiger partial charge >= 0.3 is 0 Å². The number of aromatic hydroxyl groups is 1. The fourth-order valence-corrected chi connectivity index (χ4v) is 3.49. The molecule has 0 saturated heterocycles. The van der Waals surface area contributed by atoms with Gasteiger partial charge in [-0.2, -0.15) is 0 Å². The Kier molecular flexibility index (Phi) is 8.49. The zero-order valence-electron chi connectivity index (χ0n) is 18.2. The second-order valence-electron chi connectivity index (χ2n) is 9.71. The lowest BCUT2D eigenvalue weighted by molar-refractivity contribution is -0.123. The van der Waals surface area contributed by atoms with Gasteiger partial charge in [0, 0.05) is 12.3 Å². The molecule has 1 aromatic rings. The molecule has 1 atom stereocenters. The minimum Gasteiger partial charge on any atom is -0.507 e. The molecular weight excluding hydrogens is 336 g/mol. The topological polar surface area (TPSA) is 89.3 Å². The van der Waals surface area contributed by atoms with Crippen LogP contribution in [-0.4, -0.2) is 24.0 Å². The molecule has 0 bridgehead atoms. The summed E-state index contributed by atoms with van der Waals surface area (Å²) in [5.74, 6) is 0.672. The summed E-state index contributed by atoms with van der Waals surface area (Å²) in [6.07, 6.45) is 3.61. The van der Waals surface area contributed by atoms with Gasteiger partial charge in [0.15, 0.2) is 0 Å². The minimum atomic E-state index is -0.159. The summed E-state index contributed by atoms with van der Waals surface area (Å²) in [6.45, 7) is 13.8. The molecule has 0 spiro atoms. The van der Waals surface area contributed by atoms with Crippen LogP contribution in [0.15, 0.2) is 12.1 Å². The number of aryl methyl sites for hydroxylation is 1. The van der Waals surface area contributed by atoms with Crippen molar-refractivity contribution in [1.29, 1.82) is 0 Å². The number of carbonyl (C=O) groups is 1. The number of nitrogens with two attached hydrogens (primary N) is 2. The number of benzene rings is 1. The lowest BCUT2D eigenvalue weighted by Gasteiger charge is -2.28. The van der Waals surface area contributed by atoms with Gasteiger partial charge in [0.2, 0.25) is 0 Å². The normalized spacial score (nSPS) is 13.6. The van der Waals surface area contributed by atoms with Crippen LogP contribution in [0.5, 0.6) is 5.75 Å². The van der Waals surface area contributed by atoms with Crippen LogP contribution in [0.3, 0.4) is 0 Å². The highest BCUT2D eigenvalue weighted by molar-refractivity contribution is 5.81. The zero-order chi connectivity index (χ0) is 20.8. The number of Topliss-reactive ketones (excluding diaryl/α,β-unsaturated/α-hetero) is 1. The molecule has 27 heavy (non-hydrogen) atoms. The third-order valence-electron chi connectivity index (χ3n) is 5.17. The van der Waals surface area contributed by atoms with Crippen molar-refractivity contribution in [2.75, 3.05) is 13.1 Å². The summed E-state index contributed by atoms with van der Waals surface area (Å²) in [6, 6.07) is 4.13. The van der Waals surface area contributed by atoms with E-state index in [0.717, 1.165) is 36.0 Å². The number of rotatable bonds is 9. The SMILES string of the molecule is CC(C)(C)c1cc(CCC(=O)C(CCN)CCCN)cc(C(C)(C)C)c1O. The molecule has 0 heterocycles. The highest BCUT2D eigenvalue weighted by Gasteiger charge is 2.27. The van der Waals surface area contributed by atoms with Gasteiger partial charge < -0.3 is 16.6 Å². The summed E-state index contributed by atoms with van der Waals surface area (Å²) in [5.41, 5.74) is 14.0. The zero-order valence-corrected chi connectivity index (χ0v) is 18.2. The van der Waals surface area contributed by atoms with Gasteiger partial charge in [0.25, 0.3) is 0 Å². The van der Waals surface area contributed by atoms with E-state index in [1.54, 1.807) is 0 Å². The number of phenolic OH excluding ortho intramolecular Hbond substituents is 1. The van der Waals surface area contributed by atoms with Crippen LogP contribution in [0.1, 0.15) is 83.9 Å². The van der Waals surface area contributed by atoms with Gasteiger partial charge in [-0.05, 0) is 66.3 Å². The first kappa shape index (κ1) is 23.6. The average molecular weight is 377 g/mol. The fourth-order valence-electron chi connectivity index (χ4n) is 3.49. The molecule has 4 heteroatoms. The van der Waals surface area contributed by atoms with Crippen LogP contribution >= 0.6 is 0 Å². The van der Waals surface area contributed by atoms with Crippen molar-refractivity contribution in [3.05, 3.63) is 28.8 Å². The van der Waals surface area contributed by atoms with E-state index in [4.69, 9.17) is 11.5 Å². The quantitative estimate of drug-likeness (QED) is 0.603. The summed E-state index contributed by atoms with van der Waals surface area (Å²) >= 11 is 0. The molecule has 0 aliphatic rings. The third-order valence-corrected chi connectivity index (χ3v) is 5.17. The number of ketones is 1. The largest absolute Gasteiger partial charge is 0.507 e. The van der Waals surface area contributed by atoms with Gasteiger partial charge in [-0.25, -0.2) is 0 Å². The van der Waals surface area contributed by atoms with Crippen molar-refractivity contribution in [3.63, 3.8) is 0 Å². The Morgan fingerprint density at radius 1 is 0.963 bits per heavy atom. The van der Waals surface area contributed by atoms with Crippen LogP contribution in [0.2, 0.25) is 0 Å². The summed E-state index contributed by atoms with van der Waals surface area (Å²) < 4.78 is 0. The van der Waals surface area contributed by atoms with Crippen LogP contribution in [0.25, 0.3) is 0 Å². The number of phenols is 1. The van der Waals surface area contributed by atoms with Gasteiger partial charge in [-0.3, -0.25) is 4.79 Å². The molecule has 0 saturated carbocycles. The van der Waals surface area contributed by atoms with E-state index in [1.165, 1.54) is 0 Å². The first-order chi connectivity index (χ1) is 12.4. The van der Waals surface area contributed by atoms with Crippen molar-refractivity contribution in [2.24, 2.45) is 17.4 Å². The monoisotopic (exact) mass is 376 g/mol. The van der Waals surface area contributed by atoms with Gasteiger partial charge in [0.05, 0.1) is 0 Å². The minimum absolute atomic E-state index is 0.0137. The molecule has 0 radical (unpaired) electrons. The highest BCUT2D eigenvalue weighted by atomic mass is 16.3. The van der Waals surface area contributed by atoms with Crippen molar-refractivity contribution >= 4 is 5.78 Å². The van der Waals surface area contributed by atoms with E-state index < -0.39 is 0 Å².